The molecule has 0 saturated heterocycles. The van der Waals surface area contributed by atoms with Crippen LogP contribution >= 0.6 is 12.4 Å². The van der Waals surface area contributed by atoms with Gasteiger partial charge in [0.25, 0.3) is 0 Å². The van der Waals surface area contributed by atoms with E-state index in [9.17, 15) is 14.7 Å². The molecular formula is C18H27ClN2O4. The van der Waals surface area contributed by atoms with Crippen molar-refractivity contribution >= 4 is 24.5 Å². The first-order valence-corrected chi connectivity index (χ1v) is 8.02. The van der Waals surface area contributed by atoms with Gasteiger partial charge in [0.05, 0.1) is 0 Å². The van der Waals surface area contributed by atoms with Crippen LogP contribution in [-0.2, 0) is 16.1 Å². The van der Waals surface area contributed by atoms with E-state index in [4.69, 9.17) is 4.74 Å². The minimum Gasteiger partial charge on any atom is -0.479 e. The van der Waals surface area contributed by atoms with Crippen LogP contribution in [0.15, 0.2) is 43.0 Å². The van der Waals surface area contributed by atoms with Crippen molar-refractivity contribution in [1.29, 1.82) is 0 Å². The van der Waals surface area contributed by atoms with E-state index < -0.39 is 17.6 Å². The van der Waals surface area contributed by atoms with Crippen LogP contribution in [0.1, 0.15) is 31.2 Å². The molecule has 1 rings (SSSR count). The standard InChI is InChI=1S/C18H26N2O4.ClH/c1-3-11-18(16(21)22,12-7-8-13-19-2)20-17(23)24-14-15-9-5-4-6-10-15;/h3-6,9-10,19H,1,7-8,11-14H2,2H3,(H,20,23)(H,21,22);1H/t18-;/m1./s1. The van der Waals surface area contributed by atoms with E-state index in [0.29, 0.717) is 12.8 Å². The zero-order valence-electron chi connectivity index (χ0n) is 14.5. The molecule has 0 aliphatic carbocycles. The molecule has 0 aliphatic rings. The Labute approximate surface area is 155 Å². The summed E-state index contributed by atoms with van der Waals surface area (Å²) in [4.78, 5) is 23.8. The topological polar surface area (TPSA) is 87.7 Å². The zero-order valence-corrected chi connectivity index (χ0v) is 15.3. The van der Waals surface area contributed by atoms with Gasteiger partial charge in [-0.05, 0) is 44.8 Å². The van der Waals surface area contributed by atoms with Crippen molar-refractivity contribution in [2.75, 3.05) is 13.6 Å². The predicted molar refractivity (Wildman–Crippen MR) is 100.0 cm³/mol. The lowest BCUT2D eigenvalue weighted by Gasteiger charge is -2.29. The number of carbonyl (C=O) groups excluding carboxylic acids is 1. The number of rotatable bonds is 11. The SMILES string of the molecule is C=CC[C@](CCCCNC)(NC(=O)OCc1ccccc1)C(=O)O.Cl. The number of carboxylic acid groups (broad SMARTS) is 1. The molecular weight excluding hydrogens is 344 g/mol. The van der Waals surface area contributed by atoms with Crippen LogP contribution in [0, 0.1) is 0 Å². The fourth-order valence-electron chi connectivity index (χ4n) is 2.39. The van der Waals surface area contributed by atoms with Gasteiger partial charge in [0.15, 0.2) is 0 Å². The van der Waals surface area contributed by atoms with Crippen molar-refractivity contribution < 1.29 is 19.4 Å². The van der Waals surface area contributed by atoms with Crippen molar-refractivity contribution in [3.63, 3.8) is 0 Å². The predicted octanol–water partition coefficient (Wildman–Crippen LogP) is 3.12. The number of halogens is 1. The number of nitrogens with one attached hydrogen (secondary N) is 2. The lowest BCUT2D eigenvalue weighted by atomic mass is 9.89. The van der Waals surface area contributed by atoms with Gasteiger partial charge in [-0.15, -0.1) is 19.0 Å². The highest BCUT2D eigenvalue weighted by Gasteiger charge is 2.38. The van der Waals surface area contributed by atoms with Crippen LogP contribution in [0.4, 0.5) is 4.79 Å². The smallest absolute Gasteiger partial charge is 0.408 e. The first-order chi connectivity index (χ1) is 11.5. The molecule has 0 bridgehead atoms. The first-order valence-electron chi connectivity index (χ1n) is 8.02. The highest BCUT2D eigenvalue weighted by molar-refractivity contribution is 5.85. The van der Waals surface area contributed by atoms with Crippen molar-refractivity contribution in [2.45, 2.75) is 37.8 Å². The van der Waals surface area contributed by atoms with Gasteiger partial charge in [-0.3, -0.25) is 0 Å². The van der Waals surface area contributed by atoms with Gasteiger partial charge < -0.3 is 20.5 Å². The Balaban J connectivity index is 0.00000576. The fourth-order valence-corrected chi connectivity index (χ4v) is 2.39. The maximum absolute atomic E-state index is 12.1. The van der Waals surface area contributed by atoms with Gasteiger partial charge >= 0.3 is 12.1 Å². The molecule has 140 valence electrons. The maximum atomic E-state index is 12.1. The first kappa shape index (κ1) is 22.9. The summed E-state index contributed by atoms with van der Waals surface area (Å²) in [6.45, 7) is 4.49. The highest BCUT2D eigenvalue weighted by atomic mass is 35.5. The lowest BCUT2D eigenvalue weighted by molar-refractivity contribution is -0.145. The molecule has 0 heterocycles. The molecule has 1 aromatic rings. The Kier molecular flexibility index (Phi) is 11.3. The van der Waals surface area contributed by atoms with E-state index in [1.165, 1.54) is 6.08 Å². The Morgan fingerprint density at radius 1 is 1.28 bits per heavy atom. The molecule has 6 nitrogen and oxygen atoms in total. The van der Waals surface area contributed by atoms with E-state index in [0.717, 1.165) is 18.5 Å². The number of carbonyl (C=O) groups is 2. The monoisotopic (exact) mass is 370 g/mol. The molecule has 3 N–H and O–H groups in total. The van der Waals surface area contributed by atoms with Gasteiger partial charge in [-0.2, -0.15) is 0 Å². The Morgan fingerprint density at radius 2 is 1.96 bits per heavy atom. The molecule has 0 aromatic heterocycles. The fraction of sp³-hybridized carbons (Fsp3) is 0.444. The van der Waals surface area contributed by atoms with Crippen LogP contribution in [0.3, 0.4) is 0 Å². The Hall–Kier alpha value is -2.05. The number of amides is 1. The third kappa shape index (κ3) is 8.05. The van der Waals surface area contributed by atoms with E-state index in [-0.39, 0.29) is 25.4 Å². The quantitative estimate of drug-likeness (QED) is 0.411. The van der Waals surface area contributed by atoms with E-state index in [1.54, 1.807) is 0 Å². The number of unbranched alkanes of at least 4 members (excludes halogenated alkanes) is 1. The van der Waals surface area contributed by atoms with Gasteiger partial charge in [0.2, 0.25) is 0 Å². The van der Waals surface area contributed by atoms with Crippen molar-refractivity contribution in [3.05, 3.63) is 48.6 Å². The molecule has 7 heteroatoms. The molecule has 0 aliphatic heterocycles. The van der Waals surface area contributed by atoms with Crippen molar-refractivity contribution in [3.8, 4) is 0 Å². The molecule has 25 heavy (non-hydrogen) atoms. The second kappa shape index (κ2) is 12.3. The Bertz CT molecular complexity index is 539. The van der Waals surface area contributed by atoms with Crippen LogP contribution < -0.4 is 10.6 Å². The second-order valence-electron chi connectivity index (χ2n) is 5.63. The average Bonchev–Trinajstić information content (AvgIpc) is 2.57. The molecule has 0 spiro atoms. The molecule has 0 radical (unpaired) electrons. The van der Waals surface area contributed by atoms with E-state index in [1.807, 2.05) is 37.4 Å². The maximum Gasteiger partial charge on any atom is 0.408 e. The third-order valence-electron chi connectivity index (χ3n) is 3.74. The molecule has 1 amide bonds. The summed E-state index contributed by atoms with van der Waals surface area (Å²) in [7, 11) is 1.84. The summed E-state index contributed by atoms with van der Waals surface area (Å²) in [5.74, 6) is -1.08. The summed E-state index contributed by atoms with van der Waals surface area (Å²) >= 11 is 0. The molecule has 0 fully saturated rings. The summed E-state index contributed by atoms with van der Waals surface area (Å²) in [6, 6.07) is 9.22. The molecule has 0 saturated carbocycles. The van der Waals surface area contributed by atoms with Crippen LogP contribution in [0.5, 0.6) is 0 Å². The zero-order chi connectivity index (χ0) is 17.8. The van der Waals surface area contributed by atoms with E-state index in [2.05, 4.69) is 17.2 Å². The normalized spacial score (nSPS) is 12.4. The lowest BCUT2D eigenvalue weighted by Crippen LogP contribution is -2.54. The highest BCUT2D eigenvalue weighted by Crippen LogP contribution is 2.20. The van der Waals surface area contributed by atoms with Crippen LogP contribution in [-0.4, -0.2) is 36.3 Å². The summed E-state index contributed by atoms with van der Waals surface area (Å²) < 4.78 is 5.15. The van der Waals surface area contributed by atoms with Gasteiger partial charge in [-0.1, -0.05) is 36.4 Å². The third-order valence-corrected chi connectivity index (χ3v) is 3.74. The molecule has 1 aromatic carbocycles. The summed E-state index contributed by atoms with van der Waals surface area (Å²) in [5, 5.41) is 15.2. The summed E-state index contributed by atoms with van der Waals surface area (Å²) in [6.07, 6.45) is 2.71. The number of hydrogen-bond donors (Lipinski definition) is 3. The molecule has 0 unspecified atom stereocenters. The number of aliphatic carboxylic acids is 1. The Morgan fingerprint density at radius 3 is 2.52 bits per heavy atom. The van der Waals surface area contributed by atoms with Gasteiger partial charge in [0, 0.05) is 0 Å². The minimum atomic E-state index is -1.39. The molecule has 1 atom stereocenters. The van der Waals surface area contributed by atoms with E-state index >= 15 is 0 Å². The van der Waals surface area contributed by atoms with Crippen molar-refractivity contribution in [1.82, 2.24) is 10.6 Å². The van der Waals surface area contributed by atoms with Crippen LogP contribution in [0.2, 0.25) is 0 Å². The van der Waals surface area contributed by atoms with Crippen molar-refractivity contribution in [2.24, 2.45) is 0 Å². The van der Waals surface area contributed by atoms with Gasteiger partial charge in [0.1, 0.15) is 12.1 Å². The largest absolute Gasteiger partial charge is 0.479 e. The summed E-state index contributed by atoms with van der Waals surface area (Å²) in [5.41, 5.74) is -0.546. The average molecular weight is 371 g/mol. The number of benzene rings is 1. The number of carboxylic acids is 1. The van der Waals surface area contributed by atoms with Gasteiger partial charge in [-0.25, -0.2) is 9.59 Å². The van der Waals surface area contributed by atoms with Crippen LogP contribution in [0.25, 0.3) is 0 Å². The number of hydrogen-bond acceptors (Lipinski definition) is 4. The second-order valence-corrected chi connectivity index (χ2v) is 5.63. The minimum absolute atomic E-state index is 0. The number of ether oxygens (including phenoxy) is 1. The number of alkyl carbamates (subject to hydrolysis) is 1.